The first-order valence-electron chi connectivity index (χ1n) is 5.86. The molecule has 1 fully saturated rings. The van der Waals surface area contributed by atoms with Gasteiger partial charge < -0.3 is 5.32 Å². The van der Waals surface area contributed by atoms with Crippen molar-refractivity contribution in [2.75, 3.05) is 13.1 Å². The maximum absolute atomic E-state index is 12.9. The molecule has 6 heteroatoms. The summed E-state index contributed by atoms with van der Waals surface area (Å²) in [7, 11) is 0. The predicted molar refractivity (Wildman–Crippen MR) is 66.4 cm³/mol. The van der Waals surface area contributed by atoms with Crippen molar-refractivity contribution in [3.8, 4) is 6.07 Å². The van der Waals surface area contributed by atoms with Gasteiger partial charge in [0.15, 0.2) is 0 Å². The van der Waals surface area contributed by atoms with Crippen LogP contribution in [-0.2, 0) is 6.18 Å². The molecule has 1 aliphatic heterocycles. The molecule has 102 valence electrons. The molecule has 2 aliphatic rings. The highest BCUT2D eigenvalue weighted by atomic mass is 35.5. The molecule has 0 amide bonds. The molecule has 1 aromatic rings. The van der Waals surface area contributed by atoms with Gasteiger partial charge in [0.2, 0.25) is 0 Å². The fourth-order valence-corrected chi connectivity index (χ4v) is 3.08. The molecule has 1 aliphatic carbocycles. The molecule has 2 nitrogen and oxygen atoms in total. The Morgan fingerprint density at radius 1 is 1.16 bits per heavy atom. The van der Waals surface area contributed by atoms with E-state index in [0.717, 1.165) is 30.6 Å². The van der Waals surface area contributed by atoms with Crippen LogP contribution in [0, 0.1) is 11.3 Å². The Kier molecular flexibility index (Phi) is 3.50. The number of fused-ring (bicyclic) bond motifs is 5. The molecule has 1 heterocycles. The minimum absolute atomic E-state index is 0. The van der Waals surface area contributed by atoms with Crippen LogP contribution < -0.4 is 5.32 Å². The molecule has 2 unspecified atom stereocenters. The first-order chi connectivity index (χ1) is 8.50. The smallest absolute Gasteiger partial charge is 0.316 e. The molecule has 2 bridgehead atoms. The van der Waals surface area contributed by atoms with Crippen LogP contribution in [0.5, 0.6) is 0 Å². The number of nitrogens with zero attached hydrogens (tertiary/aromatic N) is 1. The SMILES string of the molecule is Cl.N#Cc1cc2c(cc1C(F)(F)F)C1CNCC2C1. The second-order valence-corrected chi connectivity index (χ2v) is 4.92. The summed E-state index contributed by atoms with van der Waals surface area (Å²) in [5, 5.41) is 12.1. The van der Waals surface area contributed by atoms with Crippen molar-refractivity contribution in [3.05, 3.63) is 34.4 Å². The summed E-state index contributed by atoms with van der Waals surface area (Å²) in [5.41, 5.74) is 0.649. The van der Waals surface area contributed by atoms with Crippen LogP contribution in [0.4, 0.5) is 13.2 Å². The van der Waals surface area contributed by atoms with Crippen molar-refractivity contribution in [1.29, 1.82) is 5.26 Å². The average Bonchev–Trinajstić information content (AvgIpc) is 2.58. The second-order valence-electron chi connectivity index (χ2n) is 4.92. The van der Waals surface area contributed by atoms with E-state index >= 15 is 0 Å². The zero-order valence-electron chi connectivity index (χ0n) is 9.92. The topological polar surface area (TPSA) is 35.8 Å². The van der Waals surface area contributed by atoms with Gasteiger partial charge in [-0.2, -0.15) is 18.4 Å². The van der Waals surface area contributed by atoms with E-state index in [9.17, 15) is 13.2 Å². The van der Waals surface area contributed by atoms with Crippen LogP contribution in [-0.4, -0.2) is 13.1 Å². The van der Waals surface area contributed by atoms with Gasteiger partial charge in [-0.1, -0.05) is 0 Å². The average molecular weight is 289 g/mol. The second kappa shape index (κ2) is 4.69. The zero-order valence-corrected chi connectivity index (χ0v) is 10.7. The Hall–Kier alpha value is -1.25. The van der Waals surface area contributed by atoms with E-state index in [2.05, 4.69) is 5.32 Å². The summed E-state index contributed by atoms with van der Waals surface area (Å²) in [4.78, 5) is 0. The summed E-state index contributed by atoms with van der Waals surface area (Å²) < 4.78 is 38.6. The molecule has 1 N–H and O–H groups in total. The summed E-state index contributed by atoms with van der Waals surface area (Å²) in [6.45, 7) is 1.52. The van der Waals surface area contributed by atoms with Crippen LogP contribution in [0.3, 0.4) is 0 Å². The van der Waals surface area contributed by atoms with Crippen molar-refractivity contribution in [2.45, 2.75) is 24.4 Å². The maximum Gasteiger partial charge on any atom is 0.417 e. The van der Waals surface area contributed by atoms with Gasteiger partial charge in [0.1, 0.15) is 0 Å². The molecule has 1 saturated heterocycles. The number of halogens is 4. The van der Waals surface area contributed by atoms with E-state index < -0.39 is 11.7 Å². The highest BCUT2D eigenvalue weighted by Gasteiger charge is 2.39. The fourth-order valence-electron chi connectivity index (χ4n) is 3.08. The number of hydrogen-bond donors (Lipinski definition) is 1. The molecule has 0 aromatic heterocycles. The molecule has 1 aromatic carbocycles. The van der Waals surface area contributed by atoms with Crippen molar-refractivity contribution >= 4 is 12.4 Å². The number of nitrogens with one attached hydrogen (secondary N) is 1. The van der Waals surface area contributed by atoms with Crippen molar-refractivity contribution < 1.29 is 13.2 Å². The molecule has 19 heavy (non-hydrogen) atoms. The first kappa shape index (κ1) is 14.2. The van der Waals surface area contributed by atoms with Gasteiger partial charge in [0.05, 0.1) is 17.2 Å². The Balaban J connectivity index is 0.00000133. The van der Waals surface area contributed by atoms with Gasteiger partial charge in [-0.3, -0.25) is 0 Å². The van der Waals surface area contributed by atoms with Crippen LogP contribution in [0.25, 0.3) is 0 Å². The predicted octanol–water partition coefficient (Wildman–Crippen LogP) is 3.17. The van der Waals surface area contributed by atoms with Gasteiger partial charge in [0.25, 0.3) is 0 Å². The lowest BCUT2D eigenvalue weighted by atomic mass is 9.95. The van der Waals surface area contributed by atoms with E-state index in [4.69, 9.17) is 5.26 Å². The third-order valence-electron chi connectivity index (χ3n) is 3.88. The molecule has 2 atom stereocenters. The lowest BCUT2D eigenvalue weighted by Crippen LogP contribution is -2.28. The largest absolute Gasteiger partial charge is 0.417 e. The summed E-state index contributed by atoms with van der Waals surface area (Å²) in [5.74, 6) is 0.417. The fraction of sp³-hybridized carbons (Fsp3) is 0.462. The summed E-state index contributed by atoms with van der Waals surface area (Å²) in [6.07, 6.45) is -3.56. The third kappa shape index (κ3) is 2.19. The van der Waals surface area contributed by atoms with Gasteiger partial charge in [-0.15, -0.1) is 12.4 Å². The quantitative estimate of drug-likeness (QED) is 0.796. The summed E-state index contributed by atoms with van der Waals surface area (Å²) >= 11 is 0. The first-order valence-corrected chi connectivity index (χ1v) is 5.86. The highest BCUT2D eigenvalue weighted by molar-refractivity contribution is 5.85. The lowest BCUT2D eigenvalue weighted by Gasteiger charge is -2.19. The van der Waals surface area contributed by atoms with Crippen molar-refractivity contribution in [2.24, 2.45) is 0 Å². The maximum atomic E-state index is 12.9. The number of benzene rings is 1. The Morgan fingerprint density at radius 2 is 1.74 bits per heavy atom. The van der Waals surface area contributed by atoms with E-state index in [1.54, 1.807) is 6.07 Å². The number of rotatable bonds is 0. The molecule has 0 radical (unpaired) electrons. The monoisotopic (exact) mass is 288 g/mol. The van der Waals surface area contributed by atoms with Crippen LogP contribution in [0.1, 0.15) is 40.5 Å². The normalized spacial score (nSPS) is 24.3. The Bertz CT molecular complexity index is 548. The Labute approximate surface area is 115 Å². The number of nitriles is 1. The molecular weight excluding hydrogens is 277 g/mol. The lowest BCUT2D eigenvalue weighted by molar-refractivity contribution is -0.137. The highest BCUT2D eigenvalue weighted by Crippen LogP contribution is 2.46. The molecule has 0 spiro atoms. The van der Waals surface area contributed by atoms with E-state index in [-0.39, 0.29) is 29.8 Å². The number of alkyl halides is 3. The summed E-state index contributed by atoms with van der Waals surface area (Å²) in [6, 6.07) is 4.30. The van der Waals surface area contributed by atoms with Gasteiger partial charge in [0, 0.05) is 13.1 Å². The van der Waals surface area contributed by atoms with Crippen LogP contribution in [0.15, 0.2) is 12.1 Å². The van der Waals surface area contributed by atoms with E-state index in [1.165, 1.54) is 12.1 Å². The number of hydrogen-bond acceptors (Lipinski definition) is 2. The number of piperidine rings is 1. The van der Waals surface area contributed by atoms with E-state index in [0.29, 0.717) is 0 Å². The molecule has 3 rings (SSSR count). The zero-order chi connectivity index (χ0) is 12.9. The standard InChI is InChI=1S/C13H11F3N2.ClH/c14-13(15,16)12-3-11-9-1-8(5-18-6-9)10(11)2-7(12)4-17;/h2-3,8-9,18H,1,5-6H2;1H. The van der Waals surface area contributed by atoms with Gasteiger partial charge in [-0.25, -0.2) is 0 Å². The van der Waals surface area contributed by atoms with Crippen molar-refractivity contribution in [1.82, 2.24) is 5.32 Å². The van der Waals surface area contributed by atoms with Gasteiger partial charge >= 0.3 is 6.18 Å². The van der Waals surface area contributed by atoms with Crippen LogP contribution in [0.2, 0.25) is 0 Å². The minimum Gasteiger partial charge on any atom is -0.316 e. The van der Waals surface area contributed by atoms with E-state index in [1.807, 2.05) is 0 Å². The molecule has 0 saturated carbocycles. The molecular formula is C13H12ClF3N2. The van der Waals surface area contributed by atoms with Gasteiger partial charge in [-0.05, 0) is 41.5 Å². The van der Waals surface area contributed by atoms with Crippen LogP contribution >= 0.6 is 12.4 Å². The minimum atomic E-state index is -4.45. The third-order valence-corrected chi connectivity index (χ3v) is 3.88. The van der Waals surface area contributed by atoms with Crippen molar-refractivity contribution in [3.63, 3.8) is 0 Å². The Morgan fingerprint density at radius 3 is 2.26 bits per heavy atom.